The number of hydrogen-bond donors (Lipinski definition) is 9. The van der Waals surface area contributed by atoms with Gasteiger partial charge in [0.25, 0.3) is 0 Å². The Kier molecular flexibility index (Phi) is 17.5. The lowest BCUT2D eigenvalue weighted by molar-refractivity contribution is -0.144. The zero-order valence-corrected chi connectivity index (χ0v) is 31.0. The second kappa shape index (κ2) is 21.2. The fourth-order valence-electron chi connectivity index (χ4n) is 5.72. The summed E-state index contributed by atoms with van der Waals surface area (Å²) >= 11 is 0. The first-order valence-electron chi connectivity index (χ1n) is 17.7. The first kappa shape index (κ1) is 43.7. The van der Waals surface area contributed by atoms with Gasteiger partial charge < -0.3 is 53.2 Å². The predicted molar refractivity (Wildman–Crippen MR) is 195 cm³/mol. The first-order chi connectivity index (χ1) is 24.9. The number of amides is 6. The summed E-state index contributed by atoms with van der Waals surface area (Å²) < 4.78 is 0. The van der Waals surface area contributed by atoms with Crippen molar-refractivity contribution in [2.75, 3.05) is 19.6 Å². The van der Waals surface area contributed by atoms with E-state index in [0.717, 1.165) is 0 Å². The van der Waals surface area contributed by atoms with Crippen molar-refractivity contribution in [3.05, 3.63) is 29.8 Å². The van der Waals surface area contributed by atoms with Crippen LogP contribution in [0.4, 0.5) is 0 Å². The number of carbonyl (C=O) groups excluding carboxylic acids is 6. The van der Waals surface area contributed by atoms with Crippen molar-refractivity contribution in [2.24, 2.45) is 28.3 Å². The van der Waals surface area contributed by atoms with E-state index in [1.165, 1.54) is 24.0 Å². The quantitative estimate of drug-likeness (QED) is 0.0436. The number of hydrogen-bond acceptors (Lipinski definition) is 9. The van der Waals surface area contributed by atoms with Gasteiger partial charge in [0.05, 0.1) is 6.42 Å². The van der Waals surface area contributed by atoms with E-state index in [1.807, 2.05) is 13.8 Å². The Labute approximate surface area is 309 Å². The molecule has 0 radical (unpaired) electrons. The van der Waals surface area contributed by atoms with E-state index in [-0.39, 0.29) is 50.0 Å². The number of carbonyl (C=O) groups is 7. The molecule has 2 rings (SSSR count). The van der Waals surface area contributed by atoms with Gasteiger partial charge in [-0.25, -0.2) is 0 Å². The third kappa shape index (κ3) is 15.0. The molecule has 0 spiro atoms. The van der Waals surface area contributed by atoms with E-state index in [2.05, 4.69) is 31.6 Å². The van der Waals surface area contributed by atoms with Gasteiger partial charge in [-0.3, -0.25) is 38.6 Å². The van der Waals surface area contributed by atoms with Crippen LogP contribution in [0.1, 0.15) is 72.3 Å². The molecule has 11 N–H and O–H groups in total. The Hall–Kier alpha value is -5.42. The standard InChI is InChI=1S/C35H55N9O9/c1-19(2)18-39-30(49)25(16-22-10-12-23(46)13-11-22)42-33(52)29(20(3)4)43-31(50)26(17-28(47)48)41-32(51)27-9-7-15-44(27)34(53)24(40-21(5)45)8-6-14-38-35(36)37/h10-13,19-20,24-27,29,46H,6-9,14-18H2,1-5H3,(H,39,49)(H,40,45)(H,41,51)(H,42,52)(H,43,50)(H,47,48)(H4,36,37,38)/t24-,25-,26-,27-,29-/m0/s1. The second-order valence-electron chi connectivity index (χ2n) is 13.9. The predicted octanol–water partition coefficient (Wildman–Crippen LogP) is -1.16. The maximum absolute atomic E-state index is 13.6. The highest BCUT2D eigenvalue weighted by Crippen LogP contribution is 2.20. The van der Waals surface area contributed by atoms with Crippen LogP contribution in [-0.2, 0) is 40.0 Å². The Balaban J connectivity index is 2.23. The monoisotopic (exact) mass is 745 g/mol. The third-order valence-electron chi connectivity index (χ3n) is 8.41. The number of nitrogens with zero attached hydrogens (tertiary/aromatic N) is 2. The number of guanidine groups is 1. The van der Waals surface area contributed by atoms with E-state index in [9.17, 15) is 43.8 Å². The minimum Gasteiger partial charge on any atom is -0.508 e. The molecule has 6 amide bonds. The van der Waals surface area contributed by atoms with Crippen LogP contribution in [0.25, 0.3) is 0 Å². The Morgan fingerprint density at radius 1 is 0.887 bits per heavy atom. The lowest BCUT2D eigenvalue weighted by Gasteiger charge is -2.30. The van der Waals surface area contributed by atoms with Crippen LogP contribution >= 0.6 is 0 Å². The largest absolute Gasteiger partial charge is 0.508 e. The van der Waals surface area contributed by atoms with Crippen molar-refractivity contribution in [3.63, 3.8) is 0 Å². The molecule has 1 heterocycles. The minimum atomic E-state index is -1.63. The number of aliphatic imine (C=N–C) groups is 1. The summed E-state index contributed by atoms with van der Waals surface area (Å²) in [4.78, 5) is 96.4. The molecule has 1 fully saturated rings. The summed E-state index contributed by atoms with van der Waals surface area (Å²) in [6.07, 6.45) is 0.431. The van der Waals surface area contributed by atoms with Crippen molar-refractivity contribution >= 4 is 47.4 Å². The zero-order valence-electron chi connectivity index (χ0n) is 31.0. The molecule has 0 saturated carbocycles. The van der Waals surface area contributed by atoms with Crippen LogP contribution in [0.2, 0.25) is 0 Å². The molecule has 1 aromatic rings. The summed E-state index contributed by atoms with van der Waals surface area (Å²) in [6.45, 7) is 9.11. The highest BCUT2D eigenvalue weighted by molar-refractivity contribution is 5.97. The maximum atomic E-state index is 13.6. The molecule has 0 aromatic heterocycles. The molecule has 1 aliphatic heterocycles. The van der Waals surface area contributed by atoms with Crippen LogP contribution in [0.3, 0.4) is 0 Å². The van der Waals surface area contributed by atoms with Gasteiger partial charge in [0.2, 0.25) is 35.4 Å². The second-order valence-corrected chi connectivity index (χ2v) is 13.9. The molecule has 18 heteroatoms. The zero-order chi connectivity index (χ0) is 39.8. The lowest BCUT2D eigenvalue weighted by atomic mass is 10.00. The van der Waals surface area contributed by atoms with Gasteiger partial charge in [0, 0.05) is 33.0 Å². The molecule has 0 aliphatic carbocycles. The van der Waals surface area contributed by atoms with Gasteiger partial charge >= 0.3 is 5.97 Å². The molecular formula is C35H55N9O9. The molecule has 0 bridgehead atoms. The summed E-state index contributed by atoms with van der Waals surface area (Å²) in [5.41, 5.74) is 11.4. The molecule has 0 unspecified atom stereocenters. The number of rotatable bonds is 20. The number of carboxylic acids is 1. The average molecular weight is 746 g/mol. The van der Waals surface area contributed by atoms with E-state index >= 15 is 0 Å². The fourth-order valence-corrected chi connectivity index (χ4v) is 5.72. The number of carboxylic acid groups (broad SMARTS) is 1. The highest BCUT2D eigenvalue weighted by Gasteiger charge is 2.39. The summed E-state index contributed by atoms with van der Waals surface area (Å²) in [5.74, 6) is -5.81. The number of aliphatic carboxylic acids is 1. The lowest BCUT2D eigenvalue weighted by Crippen LogP contribution is -2.60. The van der Waals surface area contributed by atoms with Gasteiger partial charge in [-0.15, -0.1) is 0 Å². The van der Waals surface area contributed by atoms with Crippen molar-refractivity contribution in [3.8, 4) is 5.75 Å². The topological polar surface area (TPSA) is 288 Å². The highest BCUT2D eigenvalue weighted by atomic mass is 16.4. The van der Waals surface area contributed by atoms with Crippen molar-refractivity contribution in [1.82, 2.24) is 31.5 Å². The fraction of sp³-hybridized carbons (Fsp3) is 0.600. The van der Waals surface area contributed by atoms with Crippen LogP contribution in [-0.4, -0.2) is 112 Å². The average Bonchev–Trinajstić information content (AvgIpc) is 3.57. The minimum absolute atomic E-state index is 0.0293. The van der Waals surface area contributed by atoms with Gasteiger partial charge in [-0.2, -0.15) is 0 Å². The Morgan fingerprint density at radius 3 is 2.11 bits per heavy atom. The Bertz CT molecular complexity index is 1480. The van der Waals surface area contributed by atoms with Gasteiger partial charge in [-0.1, -0.05) is 39.8 Å². The van der Waals surface area contributed by atoms with Crippen LogP contribution in [0.15, 0.2) is 29.3 Å². The van der Waals surface area contributed by atoms with Crippen LogP contribution in [0, 0.1) is 11.8 Å². The SMILES string of the molecule is CC(=O)N[C@@H](CCCN=C(N)N)C(=O)N1CCC[C@H]1C(=O)N[C@@H](CC(=O)O)C(=O)N[C@H](C(=O)N[C@@H](Cc1ccc(O)cc1)C(=O)NCC(C)C)C(C)C. The Morgan fingerprint density at radius 2 is 1.55 bits per heavy atom. The molecule has 1 aliphatic rings. The third-order valence-corrected chi connectivity index (χ3v) is 8.41. The summed E-state index contributed by atoms with van der Waals surface area (Å²) in [5, 5.41) is 32.4. The molecule has 294 valence electrons. The van der Waals surface area contributed by atoms with Crippen LogP contribution < -0.4 is 38.1 Å². The number of aromatic hydroxyl groups is 1. The van der Waals surface area contributed by atoms with E-state index in [4.69, 9.17) is 11.5 Å². The van der Waals surface area contributed by atoms with Gasteiger partial charge in [0.15, 0.2) is 5.96 Å². The van der Waals surface area contributed by atoms with E-state index in [0.29, 0.717) is 24.9 Å². The number of nitrogens with two attached hydrogens (primary N) is 2. The molecular weight excluding hydrogens is 690 g/mol. The number of phenols is 1. The van der Waals surface area contributed by atoms with Crippen molar-refractivity contribution < 1.29 is 43.8 Å². The summed E-state index contributed by atoms with van der Waals surface area (Å²) in [7, 11) is 0. The number of benzene rings is 1. The maximum Gasteiger partial charge on any atom is 0.305 e. The van der Waals surface area contributed by atoms with E-state index < -0.39 is 84.0 Å². The molecule has 5 atom stereocenters. The van der Waals surface area contributed by atoms with Crippen LogP contribution in [0.5, 0.6) is 5.75 Å². The number of nitrogens with one attached hydrogen (secondary N) is 5. The number of likely N-dealkylation sites (tertiary alicyclic amines) is 1. The number of phenolic OH excluding ortho intramolecular Hbond substituents is 1. The molecule has 18 nitrogen and oxygen atoms in total. The van der Waals surface area contributed by atoms with Crippen molar-refractivity contribution in [1.29, 1.82) is 0 Å². The normalized spacial score (nSPS) is 16.1. The summed E-state index contributed by atoms with van der Waals surface area (Å²) in [6, 6.07) is 0.160. The molecule has 1 saturated heterocycles. The van der Waals surface area contributed by atoms with Crippen molar-refractivity contribution in [2.45, 2.75) is 103 Å². The smallest absolute Gasteiger partial charge is 0.305 e. The molecule has 1 aromatic carbocycles. The first-order valence-corrected chi connectivity index (χ1v) is 17.7. The van der Waals surface area contributed by atoms with Gasteiger partial charge in [0.1, 0.15) is 36.0 Å². The van der Waals surface area contributed by atoms with Gasteiger partial charge in [-0.05, 0) is 55.2 Å². The van der Waals surface area contributed by atoms with E-state index in [1.54, 1.807) is 26.0 Å². The molecule has 53 heavy (non-hydrogen) atoms.